The molecule has 1 aromatic carbocycles. The Balaban J connectivity index is 2.55. The number of benzene rings is 1. The first-order valence-corrected chi connectivity index (χ1v) is 7.29. The highest BCUT2D eigenvalue weighted by molar-refractivity contribution is 7.99. The number of hydrogen-bond acceptors (Lipinski definition) is 6. The fourth-order valence-corrected chi connectivity index (χ4v) is 2.28. The minimum absolute atomic E-state index is 0.114. The van der Waals surface area contributed by atoms with Gasteiger partial charge in [-0.05, 0) is 12.5 Å². The molecule has 1 amide bonds. The summed E-state index contributed by atoms with van der Waals surface area (Å²) in [4.78, 5) is 33.1. The van der Waals surface area contributed by atoms with Crippen LogP contribution >= 0.6 is 11.8 Å². The maximum absolute atomic E-state index is 11.8. The van der Waals surface area contributed by atoms with Crippen LogP contribution in [-0.2, 0) is 14.3 Å². The molecule has 0 saturated heterocycles. The number of aryl methyl sites for hydroxylation is 1. The molecular formula is C13H16N2O5S. The molecule has 8 heteroatoms. The van der Waals surface area contributed by atoms with Gasteiger partial charge in [-0.2, -0.15) is 11.8 Å². The van der Waals surface area contributed by atoms with Crippen LogP contribution in [0.2, 0.25) is 0 Å². The molecule has 1 aromatic rings. The largest absolute Gasteiger partial charge is 0.469 e. The van der Waals surface area contributed by atoms with E-state index in [2.05, 4.69) is 10.1 Å². The molecule has 1 N–H and O–H groups in total. The van der Waals surface area contributed by atoms with Crippen molar-refractivity contribution in [2.24, 2.45) is 0 Å². The van der Waals surface area contributed by atoms with Crippen LogP contribution in [-0.4, -0.2) is 35.4 Å². The van der Waals surface area contributed by atoms with Crippen molar-refractivity contribution >= 4 is 35.0 Å². The number of carbonyl (C=O) groups excluding carboxylic acids is 2. The quantitative estimate of drug-likeness (QED) is 0.358. The molecule has 0 fully saturated rings. The number of hydrogen-bond donors (Lipinski definition) is 1. The van der Waals surface area contributed by atoms with Crippen molar-refractivity contribution in [1.82, 2.24) is 0 Å². The molecular weight excluding hydrogens is 296 g/mol. The third kappa shape index (κ3) is 5.42. The first-order chi connectivity index (χ1) is 9.95. The van der Waals surface area contributed by atoms with Gasteiger partial charge in [-0.1, -0.05) is 12.1 Å². The first-order valence-electron chi connectivity index (χ1n) is 6.14. The molecule has 0 aliphatic carbocycles. The van der Waals surface area contributed by atoms with Gasteiger partial charge >= 0.3 is 5.97 Å². The first kappa shape index (κ1) is 17.0. The molecule has 0 aliphatic heterocycles. The number of nitro groups is 1. The second kappa shape index (κ2) is 8.25. The number of carbonyl (C=O) groups is 2. The van der Waals surface area contributed by atoms with Gasteiger partial charge in [-0.15, -0.1) is 0 Å². The van der Waals surface area contributed by atoms with E-state index in [0.717, 1.165) is 0 Å². The Morgan fingerprint density at radius 3 is 2.76 bits per heavy atom. The fraction of sp³-hybridized carbons (Fsp3) is 0.385. The number of amides is 1. The normalized spacial score (nSPS) is 10.0. The molecule has 0 saturated carbocycles. The third-order valence-corrected chi connectivity index (χ3v) is 3.58. The Labute approximate surface area is 126 Å². The second-order valence-corrected chi connectivity index (χ2v) is 5.26. The molecule has 0 radical (unpaired) electrons. The Bertz CT molecular complexity index is 547. The Hall–Kier alpha value is -2.09. The maximum Gasteiger partial charge on any atom is 0.306 e. The van der Waals surface area contributed by atoms with Gasteiger partial charge in [0.05, 0.1) is 24.2 Å². The summed E-state index contributed by atoms with van der Waals surface area (Å²) in [6.07, 6.45) is 0.221. The number of nitro benzene ring substituents is 1. The van der Waals surface area contributed by atoms with Crippen molar-refractivity contribution in [3.63, 3.8) is 0 Å². The molecule has 0 atom stereocenters. The number of para-hydroxylation sites is 1. The molecule has 1 rings (SSSR count). The standard InChI is InChI=1S/C13H16N2O5S/c1-9-4-3-5-10(15(18)19)13(9)14-11(16)8-21-7-6-12(17)20-2/h3-5H,6-8H2,1-2H3,(H,14,16). The molecule has 0 aliphatic rings. The molecule has 7 nitrogen and oxygen atoms in total. The van der Waals surface area contributed by atoms with Gasteiger partial charge in [-0.25, -0.2) is 0 Å². The molecule has 21 heavy (non-hydrogen) atoms. The van der Waals surface area contributed by atoms with Gasteiger partial charge in [0, 0.05) is 11.8 Å². The van der Waals surface area contributed by atoms with E-state index < -0.39 is 4.92 Å². The lowest BCUT2D eigenvalue weighted by Gasteiger charge is -2.08. The fourth-order valence-electron chi connectivity index (χ4n) is 1.56. The molecule has 0 aromatic heterocycles. The van der Waals surface area contributed by atoms with Crippen LogP contribution in [0.1, 0.15) is 12.0 Å². The van der Waals surface area contributed by atoms with Gasteiger partial charge < -0.3 is 10.1 Å². The van der Waals surface area contributed by atoms with Crippen molar-refractivity contribution in [1.29, 1.82) is 0 Å². The predicted molar refractivity (Wildman–Crippen MR) is 80.4 cm³/mol. The van der Waals surface area contributed by atoms with Gasteiger partial charge in [0.1, 0.15) is 5.69 Å². The molecule has 0 heterocycles. The van der Waals surface area contributed by atoms with Crippen LogP contribution in [0.15, 0.2) is 18.2 Å². The third-order valence-electron chi connectivity index (χ3n) is 2.62. The highest BCUT2D eigenvalue weighted by atomic mass is 32.2. The van der Waals surface area contributed by atoms with Crippen LogP contribution < -0.4 is 5.32 Å². The number of ether oxygens (including phenoxy) is 1. The lowest BCUT2D eigenvalue weighted by molar-refractivity contribution is -0.384. The number of methoxy groups -OCH3 is 1. The lowest BCUT2D eigenvalue weighted by Crippen LogP contribution is -2.16. The number of nitrogens with zero attached hydrogens (tertiary/aromatic N) is 1. The summed E-state index contributed by atoms with van der Waals surface area (Å²) < 4.78 is 4.48. The summed E-state index contributed by atoms with van der Waals surface area (Å²) in [6, 6.07) is 4.59. The van der Waals surface area contributed by atoms with E-state index in [9.17, 15) is 19.7 Å². The molecule has 0 bridgehead atoms. The van der Waals surface area contributed by atoms with Crippen LogP contribution in [0.25, 0.3) is 0 Å². The van der Waals surface area contributed by atoms with Crippen LogP contribution in [0.3, 0.4) is 0 Å². The number of thioether (sulfide) groups is 1. The minimum Gasteiger partial charge on any atom is -0.469 e. The average molecular weight is 312 g/mol. The van der Waals surface area contributed by atoms with E-state index in [1.165, 1.54) is 24.9 Å². The highest BCUT2D eigenvalue weighted by Gasteiger charge is 2.17. The van der Waals surface area contributed by atoms with Crippen molar-refractivity contribution in [2.75, 3.05) is 23.9 Å². The van der Waals surface area contributed by atoms with Gasteiger partial charge in [0.2, 0.25) is 5.91 Å². The smallest absolute Gasteiger partial charge is 0.306 e. The topological polar surface area (TPSA) is 98.5 Å². The summed E-state index contributed by atoms with van der Waals surface area (Å²) >= 11 is 1.26. The van der Waals surface area contributed by atoms with Crippen molar-refractivity contribution in [2.45, 2.75) is 13.3 Å². The van der Waals surface area contributed by atoms with E-state index in [-0.39, 0.29) is 35.4 Å². The van der Waals surface area contributed by atoms with Crippen molar-refractivity contribution in [3.8, 4) is 0 Å². The molecule has 0 spiro atoms. The van der Waals surface area contributed by atoms with Gasteiger partial charge in [0.15, 0.2) is 0 Å². The van der Waals surface area contributed by atoms with Crippen molar-refractivity contribution in [3.05, 3.63) is 33.9 Å². The van der Waals surface area contributed by atoms with E-state index in [1.54, 1.807) is 19.1 Å². The lowest BCUT2D eigenvalue weighted by atomic mass is 10.1. The zero-order valence-corrected chi connectivity index (χ0v) is 12.6. The van der Waals surface area contributed by atoms with Crippen LogP contribution in [0.5, 0.6) is 0 Å². The van der Waals surface area contributed by atoms with Gasteiger partial charge in [-0.3, -0.25) is 19.7 Å². The molecule has 0 unspecified atom stereocenters. The molecule has 114 valence electrons. The summed E-state index contributed by atoms with van der Waals surface area (Å²) in [6.45, 7) is 1.69. The Kier molecular flexibility index (Phi) is 6.67. The summed E-state index contributed by atoms with van der Waals surface area (Å²) in [5.74, 6) is -0.113. The summed E-state index contributed by atoms with van der Waals surface area (Å²) in [7, 11) is 1.30. The highest BCUT2D eigenvalue weighted by Crippen LogP contribution is 2.27. The van der Waals surface area contributed by atoms with E-state index in [1.807, 2.05) is 0 Å². The monoisotopic (exact) mass is 312 g/mol. The second-order valence-electron chi connectivity index (χ2n) is 4.15. The predicted octanol–water partition coefficient (Wildman–Crippen LogP) is 2.14. The number of anilines is 1. The summed E-state index contributed by atoms with van der Waals surface area (Å²) in [5, 5.41) is 13.5. The zero-order chi connectivity index (χ0) is 15.8. The Morgan fingerprint density at radius 1 is 1.43 bits per heavy atom. The maximum atomic E-state index is 11.8. The average Bonchev–Trinajstić information content (AvgIpc) is 2.45. The zero-order valence-electron chi connectivity index (χ0n) is 11.8. The van der Waals surface area contributed by atoms with E-state index in [0.29, 0.717) is 11.3 Å². The van der Waals surface area contributed by atoms with Crippen LogP contribution in [0, 0.1) is 17.0 Å². The number of rotatable bonds is 7. The number of nitrogens with one attached hydrogen (secondary N) is 1. The van der Waals surface area contributed by atoms with E-state index in [4.69, 9.17) is 0 Å². The van der Waals surface area contributed by atoms with Gasteiger partial charge in [0.25, 0.3) is 5.69 Å². The van der Waals surface area contributed by atoms with E-state index >= 15 is 0 Å². The Morgan fingerprint density at radius 2 is 2.14 bits per heavy atom. The minimum atomic E-state index is -0.535. The number of esters is 1. The SMILES string of the molecule is COC(=O)CCSCC(=O)Nc1c(C)cccc1[N+](=O)[O-]. The summed E-state index contributed by atoms with van der Waals surface area (Å²) in [5.41, 5.74) is 0.695. The van der Waals surface area contributed by atoms with Crippen molar-refractivity contribution < 1.29 is 19.2 Å². The van der Waals surface area contributed by atoms with Crippen LogP contribution in [0.4, 0.5) is 11.4 Å².